The fourth-order valence-corrected chi connectivity index (χ4v) is 4.00. The Labute approximate surface area is 184 Å². The maximum Gasteiger partial charge on any atom is 0.269 e. The minimum absolute atomic E-state index is 0.00897. The number of amides is 1. The smallest absolute Gasteiger partial charge is 0.269 e. The molecular formula is C22H23FN4O3S. The van der Waals surface area contributed by atoms with Crippen LogP contribution < -0.4 is 10.3 Å². The summed E-state index contributed by atoms with van der Waals surface area (Å²) in [5.74, 6) is -0.714. The van der Waals surface area contributed by atoms with Crippen LogP contribution in [0.4, 0.5) is 15.8 Å². The van der Waals surface area contributed by atoms with Crippen LogP contribution in [0.3, 0.4) is 0 Å². The highest BCUT2D eigenvalue weighted by atomic mass is 32.2. The molecule has 162 valence electrons. The summed E-state index contributed by atoms with van der Waals surface area (Å²) in [7, 11) is 1.93. The number of hydrogen-bond acceptors (Lipinski definition) is 6. The minimum atomic E-state index is -0.480. The average Bonchev–Trinajstić information content (AvgIpc) is 2.71. The predicted octanol–water partition coefficient (Wildman–Crippen LogP) is 4.61. The number of likely N-dealkylation sites (N-methyl/N-ethyl adjacent to an activating group) is 1. The molecule has 0 aliphatic carbocycles. The van der Waals surface area contributed by atoms with Gasteiger partial charge in [0.05, 0.1) is 22.4 Å². The van der Waals surface area contributed by atoms with Crippen molar-refractivity contribution in [2.45, 2.75) is 31.2 Å². The number of carbonyl (C=O) groups excluding carboxylic acids is 1. The van der Waals surface area contributed by atoms with Crippen molar-refractivity contribution in [3.63, 3.8) is 0 Å². The standard InChI is InChI=1S/C22H23FN4O3S/c1-14-11-22(2,3)26(4)20-10-19(23)15(9-18(14)20)12-24-25-21(28)13-31-17-7-5-16(6-8-17)27(29)30/h5-12H,13H2,1-4H3,(H,25,28)/b24-12-. The highest BCUT2D eigenvalue weighted by Gasteiger charge is 2.29. The van der Waals surface area contributed by atoms with Gasteiger partial charge in [-0.15, -0.1) is 11.8 Å². The van der Waals surface area contributed by atoms with Gasteiger partial charge in [-0.1, -0.05) is 6.08 Å². The molecule has 0 saturated carbocycles. The molecule has 9 heteroatoms. The van der Waals surface area contributed by atoms with Gasteiger partial charge in [-0.05, 0) is 50.6 Å². The maximum absolute atomic E-state index is 14.6. The fraction of sp³-hybridized carbons (Fsp3) is 0.273. The lowest BCUT2D eigenvalue weighted by atomic mass is 9.88. The van der Waals surface area contributed by atoms with E-state index in [2.05, 4.69) is 30.5 Å². The molecule has 0 spiro atoms. The van der Waals surface area contributed by atoms with Crippen molar-refractivity contribution < 1.29 is 14.1 Å². The van der Waals surface area contributed by atoms with E-state index in [0.717, 1.165) is 21.7 Å². The molecular weight excluding hydrogens is 419 g/mol. The molecule has 2 aromatic rings. The third-order valence-corrected chi connectivity index (χ3v) is 6.16. The number of nitrogens with zero attached hydrogens (tertiary/aromatic N) is 3. The maximum atomic E-state index is 14.6. The Balaban J connectivity index is 1.63. The monoisotopic (exact) mass is 442 g/mol. The topological polar surface area (TPSA) is 87.8 Å². The Morgan fingerprint density at radius 2 is 2.00 bits per heavy atom. The second-order valence-corrected chi connectivity index (χ2v) is 8.81. The van der Waals surface area contributed by atoms with E-state index in [0.29, 0.717) is 0 Å². The lowest BCUT2D eigenvalue weighted by molar-refractivity contribution is -0.384. The van der Waals surface area contributed by atoms with Gasteiger partial charge in [0, 0.05) is 40.9 Å². The number of non-ortho nitro benzene ring substituents is 1. The predicted molar refractivity (Wildman–Crippen MR) is 122 cm³/mol. The molecule has 1 heterocycles. The van der Waals surface area contributed by atoms with E-state index >= 15 is 0 Å². The number of nitrogens with one attached hydrogen (secondary N) is 1. The van der Waals surface area contributed by atoms with Crippen LogP contribution in [0, 0.1) is 15.9 Å². The van der Waals surface area contributed by atoms with Crippen molar-refractivity contribution in [2.24, 2.45) is 5.10 Å². The molecule has 3 rings (SSSR count). The van der Waals surface area contributed by atoms with Crippen molar-refractivity contribution in [1.82, 2.24) is 5.43 Å². The van der Waals surface area contributed by atoms with Gasteiger partial charge in [0.2, 0.25) is 5.91 Å². The van der Waals surface area contributed by atoms with Crippen molar-refractivity contribution >= 4 is 40.8 Å². The quantitative estimate of drug-likeness (QED) is 0.306. The zero-order valence-electron chi connectivity index (χ0n) is 17.7. The number of rotatable bonds is 6. The van der Waals surface area contributed by atoms with Crippen LogP contribution in [0.5, 0.6) is 0 Å². The molecule has 2 aromatic carbocycles. The highest BCUT2D eigenvalue weighted by molar-refractivity contribution is 8.00. The van der Waals surface area contributed by atoms with Crippen LogP contribution in [0.25, 0.3) is 5.57 Å². The van der Waals surface area contributed by atoms with Crippen molar-refractivity contribution in [3.8, 4) is 0 Å². The lowest BCUT2D eigenvalue weighted by Crippen LogP contribution is -2.42. The second-order valence-electron chi connectivity index (χ2n) is 7.76. The number of nitro groups is 1. The zero-order chi connectivity index (χ0) is 22.8. The van der Waals surface area contributed by atoms with E-state index in [1.54, 1.807) is 18.2 Å². The SMILES string of the molecule is CC1=CC(C)(C)N(C)c2cc(F)c(/C=N\NC(=O)CSc3ccc([N+](=O)[O-])cc3)cc21. The van der Waals surface area contributed by atoms with Crippen LogP contribution in [0.15, 0.2) is 52.5 Å². The first-order valence-electron chi connectivity index (χ1n) is 9.55. The summed E-state index contributed by atoms with van der Waals surface area (Å²) in [5.41, 5.74) is 5.22. The van der Waals surface area contributed by atoms with Crippen LogP contribution in [0.1, 0.15) is 31.9 Å². The lowest BCUT2D eigenvalue weighted by Gasteiger charge is -2.40. The van der Waals surface area contributed by atoms with Gasteiger partial charge in [-0.25, -0.2) is 9.82 Å². The third-order valence-electron chi connectivity index (χ3n) is 5.15. The summed E-state index contributed by atoms with van der Waals surface area (Å²) in [4.78, 5) is 24.9. The highest BCUT2D eigenvalue weighted by Crippen LogP contribution is 2.38. The van der Waals surface area contributed by atoms with E-state index in [-0.39, 0.29) is 28.4 Å². The van der Waals surface area contributed by atoms with Crippen molar-refractivity contribution in [1.29, 1.82) is 0 Å². The Morgan fingerprint density at radius 3 is 2.65 bits per heavy atom. The molecule has 1 aliphatic rings. The minimum Gasteiger partial charge on any atom is -0.365 e. The normalized spacial score (nSPS) is 14.9. The largest absolute Gasteiger partial charge is 0.365 e. The molecule has 1 N–H and O–H groups in total. The van der Waals surface area contributed by atoms with Gasteiger partial charge in [0.25, 0.3) is 5.69 Å². The molecule has 1 aliphatic heterocycles. The number of halogens is 1. The number of hydrogen-bond donors (Lipinski definition) is 1. The van der Waals surface area contributed by atoms with Gasteiger partial charge in [0.15, 0.2) is 0 Å². The zero-order valence-corrected chi connectivity index (χ0v) is 18.5. The van der Waals surface area contributed by atoms with E-state index in [1.165, 1.54) is 36.2 Å². The molecule has 0 saturated heterocycles. The number of thioether (sulfide) groups is 1. The van der Waals surface area contributed by atoms with E-state index in [9.17, 15) is 19.3 Å². The molecule has 1 amide bonds. The van der Waals surface area contributed by atoms with E-state index < -0.39 is 10.7 Å². The summed E-state index contributed by atoms with van der Waals surface area (Å²) in [6.45, 7) is 6.12. The molecule has 0 bridgehead atoms. The number of nitro benzene ring substituents is 1. The number of allylic oxidation sites excluding steroid dienone is 1. The molecule has 31 heavy (non-hydrogen) atoms. The summed E-state index contributed by atoms with van der Waals surface area (Å²) >= 11 is 1.22. The van der Waals surface area contributed by atoms with Crippen LogP contribution >= 0.6 is 11.8 Å². The molecule has 0 unspecified atom stereocenters. The number of fused-ring (bicyclic) bond motifs is 1. The second kappa shape index (κ2) is 8.89. The Bertz CT molecular complexity index is 1080. The summed E-state index contributed by atoms with van der Waals surface area (Å²) < 4.78 is 14.6. The van der Waals surface area contributed by atoms with Gasteiger partial charge in [-0.2, -0.15) is 5.10 Å². The van der Waals surface area contributed by atoms with Gasteiger partial charge >= 0.3 is 0 Å². The fourth-order valence-electron chi connectivity index (χ4n) is 3.31. The van der Waals surface area contributed by atoms with Crippen LogP contribution in [0.2, 0.25) is 0 Å². The molecule has 0 aromatic heterocycles. The molecule has 0 radical (unpaired) electrons. The van der Waals surface area contributed by atoms with Gasteiger partial charge in [0.1, 0.15) is 5.82 Å². The summed E-state index contributed by atoms with van der Waals surface area (Å²) in [6.07, 6.45) is 3.42. The van der Waals surface area contributed by atoms with E-state index in [4.69, 9.17) is 0 Å². The van der Waals surface area contributed by atoms with Gasteiger partial charge < -0.3 is 4.90 Å². The first kappa shape index (κ1) is 22.5. The van der Waals surface area contributed by atoms with Crippen molar-refractivity contribution in [2.75, 3.05) is 17.7 Å². The van der Waals surface area contributed by atoms with Crippen molar-refractivity contribution in [3.05, 3.63) is 69.5 Å². The number of anilines is 1. The first-order valence-corrected chi connectivity index (χ1v) is 10.5. The molecule has 7 nitrogen and oxygen atoms in total. The Kier molecular flexibility index (Phi) is 6.45. The van der Waals surface area contributed by atoms with Gasteiger partial charge in [-0.3, -0.25) is 14.9 Å². The Hall–Kier alpha value is -3.20. The number of carbonyl (C=O) groups is 1. The first-order chi connectivity index (χ1) is 14.6. The molecule has 0 fully saturated rings. The number of benzene rings is 2. The molecule has 0 atom stereocenters. The summed E-state index contributed by atoms with van der Waals surface area (Å²) in [6, 6.07) is 9.13. The third kappa shape index (κ3) is 5.11. The summed E-state index contributed by atoms with van der Waals surface area (Å²) in [5, 5.41) is 14.5. The van der Waals surface area contributed by atoms with Crippen LogP contribution in [-0.4, -0.2) is 35.4 Å². The Morgan fingerprint density at radius 1 is 1.32 bits per heavy atom. The average molecular weight is 443 g/mol. The van der Waals surface area contributed by atoms with Crippen LogP contribution in [-0.2, 0) is 4.79 Å². The number of hydrazone groups is 1. The van der Waals surface area contributed by atoms with E-state index in [1.807, 2.05) is 18.9 Å².